The van der Waals surface area contributed by atoms with E-state index in [4.69, 9.17) is 16.3 Å². The Morgan fingerprint density at radius 3 is 2.66 bits per heavy atom. The van der Waals surface area contributed by atoms with Crippen molar-refractivity contribution in [2.75, 3.05) is 12.4 Å². The summed E-state index contributed by atoms with van der Waals surface area (Å²) in [5.74, 6) is 1.99. The molecule has 0 atom stereocenters. The predicted molar refractivity (Wildman–Crippen MR) is 123 cm³/mol. The van der Waals surface area contributed by atoms with Crippen LogP contribution in [0, 0.1) is 0 Å². The molecule has 0 spiro atoms. The molecule has 0 unspecified atom stereocenters. The predicted octanol–water partition coefficient (Wildman–Crippen LogP) is 3.65. The number of anilines is 1. The largest absolute Gasteiger partial charge is 0.496 e. The SMILES string of the molecule is COc1ccccc1CNC(=O)CCc1nnc2ccc(NCc3ccc(Cl)cc3)nn12. The van der Waals surface area contributed by atoms with Gasteiger partial charge < -0.3 is 15.4 Å². The zero-order chi connectivity index (χ0) is 22.3. The van der Waals surface area contributed by atoms with Crippen LogP contribution in [0.4, 0.5) is 5.82 Å². The number of ether oxygens (including phenoxy) is 1. The van der Waals surface area contributed by atoms with Crippen LogP contribution in [0.25, 0.3) is 5.65 Å². The van der Waals surface area contributed by atoms with Crippen LogP contribution in [0.3, 0.4) is 0 Å². The smallest absolute Gasteiger partial charge is 0.220 e. The van der Waals surface area contributed by atoms with E-state index in [-0.39, 0.29) is 12.3 Å². The van der Waals surface area contributed by atoms with Gasteiger partial charge in [-0.25, -0.2) is 0 Å². The first-order valence-electron chi connectivity index (χ1n) is 10.2. The van der Waals surface area contributed by atoms with Crippen molar-refractivity contribution >= 4 is 29.0 Å². The van der Waals surface area contributed by atoms with Gasteiger partial charge in [0.25, 0.3) is 0 Å². The first kappa shape index (κ1) is 21.6. The van der Waals surface area contributed by atoms with Crippen LogP contribution in [0.15, 0.2) is 60.7 Å². The van der Waals surface area contributed by atoms with E-state index in [0.717, 1.165) is 16.9 Å². The Kier molecular flexibility index (Phi) is 6.81. The highest BCUT2D eigenvalue weighted by atomic mass is 35.5. The minimum Gasteiger partial charge on any atom is -0.496 e. The van der Waals surface area contributed by atoms with E-state index in [9.17, 15) is 4.79 Å². The van der Waals surface area contributed by atoms with Gasteiger partial charge in [-0.1, -0.05) is 41.9 Å². The number of halogens is 1. The molecule has 2 N–H and O–H groups in total. The molecule has 0 saturated heterocycles. The van der Waals surface area contributed by atoms with Crippen LogP contribution in [0.1, 0.15) is 23.4 Å². The number of nitrogens with one attached hydrogen (secondary N) is 2. The van der Waals surface area contributed by atoms with E-state index < -0.39 is 0 Å². The normalized spacial score (nSPS) is 10.8. The lowest BCUT2D eigenvalue weighted by Crippen LogP contribution is -2.23. The summed E-state index contributed by atoms with van der Waals surface area (Å²) in [4.78, 5) is 12.3. The maximum absolute atomic E-state index is 12.3. The first-order chi connectivity index (χ1) is 15.6. The molecule has 8 nitrogen and oxygen atoms in total. The maximum Gasteiger partial charge on any atom is 0.220 e. The highest BCUT2D eigenvalue weighted by Gasteiger charge is 2.11. The molecule has 0 aliphatic rings. The summed E-state index contributed by atoms with van der Waals surface area (Å²) in [5, 5.41) is 19.8. The molecule has 32 heavy (non-hydrogen) atoms. The zero-order valence-corrected chi connectivity index (χ0v) is 18.3. The maximum atomic E-state index is 12.3. The standard InChI is InChI=1S/C23H23ClN6O2/c1-32-19-5-3-2-4-17(19)15-26-23(31)13-12-22-28-27-21-11-10-20(29-30(21)22)25-14-16-6-8-18(24)9-7-16/h2-11H,12-15H2,1H3,(H,25,29)(H,26,31). The van der Waals surface area contributed by atoms with E-state index >= 15 is 0 Å². The molecule has 164 valence electrons. The number of para-hydroxylation sites is 1. The second-order valence-electron chi connectivity index (χ2n) is 7.17. The second-order valence-corrected chi connectivity index (χ2v) is 7.61. The molecule has 4 rings (SSSR count). The topological polar surface area (TPSA) is 93.4 Å². The average Bonchev–Trinajstić information content (AvgIpc) is 3.23. The number of nitrogens with zero attached hydrogens (tertiary/aromatic N) is 4. The molecule has 0 aliphatic carbocycles. The van der Waals surface area contributed by atoms with Gasteiger partial charge in [0.15, 0.2) is 11.5 Å². The Morgan fingerprint density at radius 2 is 1.84 bits per heavy atom. The van der Waals surface area contributed by atoms with E-state index in [1.165, 1.54) is 0 Å². The molecule has 9 heteroatoms. The van der Waals surface area contributed by atoms with Gasteiger partial charge in [-0.2, -0.15) is 4.52 Å². The van der Waals surface area contributed by atoms with Crippen molar-refractivity contribution in [1.29, 1.82) is 0 Å². The molecule has 0 fully saturated rings. The van der Waals surface area contributed by atoms with Gasteiger partial charge in [0.2, 0.25) is 5.91 Å². The highest BCUT2D eigenvalue weighted by molar-refractivity contribution is 6.30. The minimum atomic E-state index is -0.0790. The third kappa shape index (κ3) is 5.33. The summed E-state index contributed by atoms with van der Waals surface area (Å²) in [6, 6.07) is 18.9. The summed E-state index contributed by atoms with van der Waals surface area (Å²) in [6.07, 6.45) is 0.701. The van der Waals surface area contributed by atoms with Crippen LogP contribution in [-0.4, -0.2) is 32.8 Å². The molecule has 0 radical (unpaired) electrons. The number of hydrogen-bond donors (Lipinski definition) is 2. The van der Waals surface area contributed by atoms with E-state index in [0.29, 0.717) is 41.8 Å². The molecule has 2 aromatic heterocycles. The molecular formula is C23H23ClN6O2. The van der Waals surface area contributed by atoms with Crippen LogP contribution < -0.4 is 15.4 Å². The van der Waals surface area contributed by atoms with Gasteiger partial charge in [0.05, 0.1) is 7.11 Å². The molecule has 4 aromatic rings. The number of rotatable bonds is 9. The fourth-order valence-electron chi connectivity index (χ4n) is 3.23. The summed E-state index contributed by atoms with van der Waals surface area (Å²) in [5.41, 5.74) is 2.65. The van der Waals surface area contributed by atoms with E-state index in [2.05, 4.69) is 25.9 Å². The lowest BCUT2D eigenvalue weighted by atomic mass is 10.2. The molecule has 0 aliphatic heterocycles. The van der Waals surface area contributed by atoms with E-state index in [1.807, 2.05) is 60.7 Å². The van der Waals surface area contributed by atoms with Crippen LogP contribution >= 0.6 is 11.6 Å². The van der Waals surface area contributed by atoms with Crippen LogP contribution in [0.5, 0.6) is 5.75 Å². The third-order valence-corrected chi connectivity index (χ3v) is 5.21. The fraction of sp³-hybridized carbons (Fsp3) is 0.217. The Balaban J connectivity index is 1.35. The van der Waals surface area contributed by atoms with Crippen molar-refractivity contribution in [2.24, 2.45) is 0 Å². The minimum absolute atomic E-state index is 0.0790. The second kappa shape index (κ2) is 10.1. The van der Waals surface area contributed by atoms with Crippen LogP contribution in [0.2, 0.25) is 5.02 Å². The number of fused-ring (bicyclic) bond motifs is 1. The Labute approximate surface area is 190 Å². The molecular weight excluding hydrogens is 428 g/mol. The molecule has 2 heterocycles. The lowest BCUT2D eigenvalue weighted by Gasteiger charge is -2.09. The Morgan fingerprint density at radius 1 is 1.03 bits per heavy atom. The van der Waals surface area contributed by atoms with Gasteiger partial charge in [-0.3, -0.25) is 4.79 Å². The number of amides is 1. The first-order valence-corrected chi connectivity index (χ1v) is 10.6. The molecule has 0 bridgehead atoms. The average molecular weight is 451 g/mol. The molecule has 1 amide bonds. The molecule has 0 saturated carbocycles. The van der Waals surface area contributed by atoms with Gasteiger partial charge in [-0.15, -0.1) is 15.3 Å². The van der Waals surface area contributed by atoms with E-state index in [1.54, 1.807) is 11.6 Å². The number of aromatic nitrogens is 4. The lowest BCUT2D eigenvalue weighted by molar-refractivity contribution is -0.121. The number of hydrogen-bond acceptors (Lipinski definition) is 6. The zero-order valence-electron chi connectivity index (χ0n) is 17.6. The van der Waals surface area contributed by atoms with Crippen molar-refractivity contribution in [3.8, 4) is 5.75 Å². The van der Waals surface area contributed by atoms with Gasteiger partial charge in [0.1, 0.15) is 11.6 Å². The monoisotopic (exact) mass is 450 g/mol. The summed E-state index contributed by atoms with van der Waals surface area (Å²) >= 11 is 5.93. The van der Waals surface area contributed by atoms with Gasteiger partial charge in [0, 0.05) is 36.5 Å². The summed E-state index contributed by atoms with van der Waals surface area (Å²) in [6.45, 7) is 1.01. The van der Waals surface area contributed by atoms with Crippen molar-refractivity contribution in [3.63, 3.8) is 0 Å². The number of benzene rings is 2. The van der Waals surface area contributed by atoms with Crippen molar-refractivity contribution in [2.45, 2.75) is 25.9 Å². The quantitative estimate of drug-likeness (QED) is 0.404. The van der Waals surface area contributed by atoms with Crippen LogP contribution in [-0.2, 0) is 24.3 Å². The highest BCUT2D eigenvalue weighted by Crippen LogP contribution is 2.17. The van der Waals surface area contributed by atoms with Crippen molar-refractivity contribution in [1.82, 2.24) is 25.1 Å². The fourth-order valence-corrected chi connectivity index (χ4v) is 3.36. The number of carbonyl (C=O) groups is 1. The van der Waals surface area contributed by atoms with Crippen molar-refractivity contribution in [3.05, 3.63) is 82.6 Å². The number of methoxy groups -OCH3 is 1. The van der Waals surface area contributed by atoms with Crippen molar-refractivity contribution < 1.29 is 9.53 Å². The Bertz CT molecular complexity index is 1210. The summed E-state index contributed by atoms with van der Waals surface area (Å²) < 4.78 is 6.98. The Hall–Kier alpha value is -3.65. The van der Waals surface area contributed by atoms with Gasteiger partial charge in [-0.05, 0) is 35.9 Å². The number of aryl methyl sites for hydroxylation is 1. The third-order valence-electron chi connectivity index (χ3n) is 4.96. The number of carbonyl (C=O) groups excluding carboxylic acids is 1. The molecule has 2 aromatic carbocycles. The van der Waals surface area contributed by atoms with Gasteiger partial charge >= 0.3 is 0 Å². The summed E-state index contributed by atoms with van der Waals surface area (Å²) in [7, 11) is 1.61.